The lowest BCUT2D eigenvalue weighted by Crippen LogP contribution is -2.45. The maximum absolute atomic E-state index is 13.9. The molecule has 1 aliphatic rings. The second kappa shape index (κ2) is 13.9. The summed E-state index contributed by atoms with van der Waals surface area (Å²) in [5, 5.41) is 12.0. The number of amides is 1. The third-order valence-electron chi connectivity index (χ3n) is 7.21. The molecule has 0 radical (unpaired) electrons. The summed E-state index contributed by atoms with van der Waals surface area (Å²) in [5.41, 5.74) is 1.80. The molecule has 0 spiro atoms. The topological polar surface area (TPSA) is 53.0 Å². The van der Waals surface area contributed by atoms with E-state index in [9.17, 15) is 9.90 Å². The molecule has 1 saturated heterocycles. The van der Waals surface area contributed by atoms with E-state index in [4.69, 9.17) is 27.9 Å². The summed E-state index contributed by atoms with van der Waals surface area (Å²) in [6.07, 6.45) is 1.36. The van der Waals surface area contributed by atoms with E-state index in [0.717, 1.165) is 42.1 Å². The van der Waals surface area contributed by atoms with Gasteiger partial charge in [0.1, 0.15) is 5.75 Å². The summed E-state index contributed by atoms with van der Waals surface area (Å²) >= 11 is 12.5. The van der Waals surface area contributed by atoms with Crippen LogP contribution < -0.4 is 4.74 Å². The zero-order valence-corrected chi connectivity index (χ0v) is 25.0. The van der Waals surface area contributed by atoms with E-state index in [1.54, 1.807) is 17.0 Å². The first-order valence-electron chi connectivity index (χ1n) is 13.1. The Morgan fingerprint density at radius 1 is 0.974 bits per heavy atom. The monoisotopic (exact) mass is 590 g/mol. The van der Waals surface area contributed by atoms with Gasteiger partial charge in [0.05, 0.1) is 27.7 Å². The van der Waals surface area contributed by atoms with Crippen LogP contribution in [0, 0.1) is 0 Å². The van der Waals surface area contributed by atoms with Crippen LogP contribution in [0.2, 0.25) is 10.0 Å². The molecule has 1 atom stereocenters. The Bertz CT molecular complexity index is 1230. The smallest absolute Gasteiger partial charge is 0.234 e. The number of likely N-dealkylation sites (tertiary alicyclic amines) is 1. The van der Waals surface area contributed by atoms with Crippen molar-refractivity contribution in [2.75, 3.05) is 33.2 Å². The van der Waals surface area contributed by atoms with Gasteiger partial charge >= 0.3 is 0 Å². The number of carbonyl (C=O) groups excluding carboxylic acids is 1. The molecule has 5 nitrogen and oxygen atoms in total. The van der Waals surface area contributed by atoms with Crippen molar-refractivity contribution in [3.8, 4) is 5.75 Å². The van der Waals surface area contributed by atoms with Gasteiger partial charge in [0.15, 0.2) is 0 Å². The Kier molecular flexibility index (Phi) is 11.1. The summed E-state index contributed by atoms with van der Waals surface area (Å²) < 4.78 is 5.90. The molecular formula is C31H37Cl3N2O3. The number of piperidine rings is 1. The number of nitrogens with zero attached hydrogens (tertiary/aromatic N) is 2. The van der Waals surface area contributed by atoms with Gasteiger partial charge in [-0.25, -0.2) is 0 Å². The molecular weight excluding hydrogens is 555 g/mol. The highest BCUT2D eigenvalue weighted by Gasteiger charge is 2.34. The number of likely N-dealkylation sites (N-methyl/N-ethyl adjacent to an activating group) is 1. The van der Waals surface area contributed by atoms with Crippen LogP contribution in [-0.4, -0.2) is 60.1 Å². The lowest BCUT2D eigenvalue weighted by atomic mass is 9.84. The zero-order chi connectivity index (χ0) is 27.3. The van der Waals surface area contributed by atoms with E-state index in [2.05, 4.69) is 4.90 Å². The Labute approximate surface area is 248 Å². The summed E-state index contributed by atoms with van der Waals surface area (Å²) in [7, 11) is 1.84. The number of hydrogen-bond donors (Lipinski definition) is 1. The zero-order valence-electron chi connectivity index (χ0n) is 22.6. The molecule has 1 heterocycles. The Morgan fingerprint density at radius 3 is 2.28 bits per heavy atom. The number of benzene rings is 3. The summed E-state index contributed by atoms with van der Waals surface area (Å²) in [5.74, 6) is 0.148. The van der Waals surface area contributed by atoms with E-state index in [0.29, 0.717) is 29.4 Å². The maximum Gasteiger partial charge on any atom is 0.234 e. The Morgan fingerprint density at radius 2 is 1.64 bits per heavy atom. The van der Waals surface area contributed by atoms with Crippen LogP contribution in [-0.2, 0) is 10.4 Å². The highest BCUT2D eigenvalue weighted by Crippen LogP contribution is 2.34. The Hall–Kier alpha value is -2.28. The van der Waals surface area contributed by atoms with Crippen molar-refractivity contribution in [1.82, 2.24) is 9.80 Å². The second-order valence-corrected chi connectivity index (χ2v) is 11.2. The molecule has 1 fully saturated rings. The van der Waals surface area contributed by atoms with E-state index in [-0.39, 0.29) is 24.4 Å². The number of ether oxygens (including phenoxy) is 1. The second-order valence-electron chi connectivity index (χ2n) is 10.3. The molecule has 1 aliphatic heterocycles. The molecule has 1 unspecified atom stereocenters. The molecule has 39 heavy (non-hydrogen) atoms. The summed E-state index contributed by atoms with van der Waals surface area (Å²) in [4.78, 5) is 18.0. The lowest BCUT2D eigenvalue weighted by Gasteiger charge is -2.39. The van der Waals surface area contributed by atoms with Crippen molar-refractivity contribution >= 4 is 41.5 Å². The van der Waals surface area contributed by atoms with Gasteiger partial charge in [-0.2, -0.15) is 0 Å². The van der Waals surface area contributed by atoms with Crippen LogP contribution in [0.5, 0.6) is 5.75 Å². The number of aliphatic hydroxyl groups is 1. The molecule has 3 aromatic carbocycles. The maximum atomic E-state index is 13.9. The molecule has 1 N–H and O–H groups in total. The first-order chi connectivity index (χ1) is 18.2. The van der Waals surface area contributed by atoms with Gasteiger partial charge in [0.2, 0.25) is 5.91 Å². The number of halogens is 3. The van der Waals surface area contributed by atoms with Crippen LogP contribution in [0.1, 0.15) is 49.3 Å². The lowest BCUT2D eigenvalue weighted by molar-refractivity contribution is -0.131. The van der Waals surface area contributed by atoms with Gasteiger partial charge in [-0.05, 0) is 67.6 Å². The Balaban J connectivity index is 0.00000420. The standard InChI is InChI=1S/C31H36Cl2N2O3.ClH/c1-22(2)38-26-11-7-8-23(20-26)29(24-12-13-27(32)28(33)21-24)30(36)34(3)18-19-35-16-14-31(37,15-17-35)25-9-5-4-6-10-25;/h4-13,20-22,29,37H,14-19H2,1-3H3;1H. The van der Waals surface area contributed by atoms with E-state index in [1.807, 2.05) is 81.6 Å². The van der Waals surface area contributed by atoms with Crippen LogP contribution >= 0.6 is 35.6 Å². The average molecular weight is 592 g/mol. The minimum Gasteiger partial charge on any atom is -0.491 e. The van der Waals surface area contributed by atoms with E-state index in [1.165, 1.54) is 0 Å². The normalized spacial score (nSPS) is 15.9. The third kappa shape index (κ3) is 7.90. The molecule has 3 aromatic rings. The van der Waals surface area contributed by atoms with Crippen molar-refractivity contribution in [3.05, 3.63) is 99.5 Å². The van der Waals surface area contributed by atoms with Crippen LogP contribution in [0.4, 0.5) is 0 Å². The van der Waals surface area contributed by atoms with Crippen molar-refractivity contribution in [2.45, 2.75) is 44.3 Å². The summed E-state index contributed by atoms with van der Waals surface area (Å²) in [6, 6.07) is 22.9. The highest BCUT2D eigenvalue weighted by atomic mass is 35.5. The van der Waals surface area contributed by atoms with Crippen molar-refractivity contribution < 1.29 is 14.6 Å². The SMILES string of the molecule is CC(C)Oc1cccc(C(C(=O)N(C)CCN2CCC(O)(c3ccccc3)CC2)c2ccc(Cl)c(Cl)c2)c1.Cl. The fourth-order valence-corrected chi connectivity index (χ4v) is 5.32. The quantitative estimate of drug-likeness (QED) is 0.298. The summed E-state index contributed by atoms with van der Waals surface area (Å²) in [6.45, 7) is 6.81. The van der Waals surface area contributed by atoms with Crippen LogP contribution in [0.25, 0.3) is 0 Å². The van der Waals surface area contributed by atoms with Crippen LogP contribution in [0.15, 0.2) is 72.8 Å². The van der Waals surface area contributed by atoms with Gasteiger partial charge in [0.25, 0.3) is 0 Å². The van der Waals surface area contributed by atoms with Gasteiger partial charge in [0, 0.05) is 33.2 Å². The largest absolute Gasteiger partial charge is 0.491 e. The fourth-order valence-electron chi connectivity index (χ4n) is 5.01. The van der Waals surface area contributed by atoms with Gasteiger partial charge < -0.3 is 19.6 Å². The van der Waals surface area contributed by atoms with Crippen molar-refractivity contribution in [3.63, 3.8) is 0 Å². The number of rotatable bonds is 9. The first-order valence-corrected chi connectivity index (χ1v) is 13.9. The van der Waals surface area contributed by atoms with Crippen LogP contribution in [0.3, 0.4) is 0 Å². The fraction of sp³-hybridized carbons (Fsp3) is 0.387. The minimum atomic E-state index is -0.790. The number of hydrogen-bond acceptors (Lipinski definition) is 4. The highest BCUT2D eigenvalue weighted by molar-refractivity contribution is 6.42. The van der Waals surface area contributed by atoms with E-state index >= 15 is 0 Å². The molecule has 0 aromatic heterocycles. The molecule has 0 aliphatic carbocycles. The van der Waals surface area contributed by atoms with Gasteiger partial charge in [-0.3, -0.25) is 4.79 Å². The van der Waals surface area contributed by atoms with Crippen molar-refractivity contribution in [2.24, 2.45) is 0 Å². The molecule has 8 heteroatoms. The molecule has 0 bridgehead atoms. The predicted octanol–water partition coefficient (Wildman–Crippen LogP) is 6.78. The molecule has 4 rings (SSSR count). The number of carbonyl (C=O) groups is 1. The average Bonchev–Trinajstić information content (AvgIpc) is 2.90. The molecule has 0 saturated carbocycles. The van der Waals surface area contributed by atoms with Crippen molar-refractivity contribution in [1.29, 1.82) is 0 Å². The van der Waals surface area contributed by atoms with Gasteiger partial charge in [-0.15, -0.1) is 12.4 Å². The minimum absolute atomic E-state index is 0. The van der Waals surface area contributed by atoms with E-state index < -0.39 is 11.5 Å². The first kappa shape index (κ1) is 31.3. The predicted molar refractivity (Wildman–Crippen MR) is 161 cm³/mol. The molecule has 1 amide bonds. The third-order valence-corrected chi connectivity index (χ3v) is 7.95. The van der Waals surface area contributed by atoms with Gasteiger partial charge in [-0.1, -0.05) is 71.7 Å². The molecule has 210 valence electrons.